The summed E-state index contributed by atoms with van der Waals surface area (Å²) in [5.74, 6) is 0.103. The van der Waals surface area contributed by atoms with Crippen LogP contribution in [-0.2, 0) is 5.41 Å². The van der Waals surface area contributed by atoms with Gasteiger partial charge in [-0.1, -0.05) is 30.3 Å². The van der Waals surface area contributed by atoms with Crippen molar-refractivity contribution in [3.8, 4) is 11.5 Å². The summed E-state index contributed by atoms with van der Waals surface area (Å²) < 4.78 is 0. The standard InChI is InChI=1S/C22H24N4O2/c27-19-7-6-16(10-20(19)28)11-23-24-21-17-12-25-8-9-26(13-17)15-22(21,14-25)18-4-2-1-3-5-18/h1-7,10-11,17,27-28H,8-9,12-15H2. The molecule has 4 aliphatic rings. The molecule has 2 atom stereocenters. The van der Waals surface area contributed by atoms with Crippen LogP contribution in [0.3, 0.4) is 0 Å². The predicted molar refractivity (Wildman–Crippen MR) is 109 cm³/mol. The Kier molecular flexibility index (Phi) is 4.18. The van der Waals surface area contributed by atoms with Crippen molar-refractivity contribution in [3.63, 3.8) is 0 Å². The first-order chi connectivity index (χ1) is 13.6. The molecular weight excluding hydrogens is 352 g/mol. The summed E-state index contributed by atoms with van der Waals surface area (Å²) in [6, 6.07) is 15.4. The fraction of sp³-hybridized carbons (Fsp3) is 0.364. The monoisotopic (exact) mass is 376 g/mol. The van der Waals surface area contributed by atoms with Crippen molar-refractivity contribution in [1.29, 1.82) is 0 Å². The third-order valence-corrected chi connectivity index (χ3v) is 6.25. The van der Waals surface area contributed by atoms with Crippen LogP contribution in [-0.4, -0.2) is 71.2 Å². The molecule has 4 aliphatic heterocycles. The minimum absolute atomic E-state index is 0.118. The van der Waals surface area contributed by atoms with Gasteiger partial charge in [0.25, 0.3) is 0 Å². The maximum Gasteiger partial charge on any atom is 0.158 e. The van der Waals surface area contributed by atoms with Gasteiger partial charge in [-0.25, -0.2) is 0 Å². The summed E-state index contributed by atoms with van der Waals surface area (Å²) in [4.78, 5) is 5.15. The Labute approximate surface area is 164 Å². The molecule has 0 radical (unpaired) electrons. The van der Waals surface area contributed by atoms with Gasteiger partial charge in [0.1, 0.15) is 0 Å². The number of benzene rings is 2. The number of nitrogens with zero attached hydrogens (tertiary/aromatic N) is 4. The second-order valence-corrected chi connectivity index (χ2v) is 8.09. The number of phenols is 2. The number of fused-ring (bicyclic) bond motifs is 1. The van der Waals surface area contributed by atoms with Crippen molar-refractivity contribution >= 4 is 11.9 Å². The Morgan fingerprint density at radius 2 is 1.64 bits per heavy atom. The van der Waals surface area contributed by atoms with E-state index in [1.807, 2.05) is 0 Å². The summed E-state index contributed by atoms with van der Waals surface area (Å²) >= 11 is 0. The highest BCUT2D eigenvalue weighted by atomic mass is 16.3. The van der Waals surface area contributed by atoms with Gasteiger partial charge in [-0.3, -0.25) is 0 Å². The van der Waals surface area contributed by atoms with Gasteiger partial charge in [-0.2, -0.15) is 10.2 Å². The molecule has 4 bridgehead atoms. The Morgan fingerprint density at radius 3 is 2.32 bits per heavy atom. The highest BCUT2D eigenvalue weighted by molar-refractivity contribution is 5.99. The maximum atomic E-state index is 9.68. The van der Waals surface area contributed by atoms with E-state index < -0.39 is 0 Å². The zero-order valence-corrected chi connectivity index (χ0v) is 15.7. The Morgan fingerprint density at radius 1 is 0.929 bits per heavy atom. The summed E-state index contributed by atoms with van der Waals surface area (Å²) in [5.41, 5.74) is 3.08. The zero-order chi connectivity index (χ0) is 19.1. The van der Waals surface area contributed by atoms with Crippen LogP contribution in [0.1, 0.15) is 11.1 Å². The predicted octanol–water partition coefficient (Wildman–Crippen LogP) is 2.07. The fourth-order valence-corrected chi connectivity index (χ4v) is 5.02. The van der Waals surface area contributed by atoms with E-state index in [-0.39, 0.29) is 16.9 Å². The summed E-state index contributed by atoms with van der Waals surface area (Å²) in [5, 5.41) is 28.3. The third kappa shape index (κ3) is 2.89. The summed E-state index contributed by atoms with van der Waals surface area (Å²) in [6.07, 6.45) is 1.64. The van der Waals surface area contributed by atoms with Gasteiger partial charge >= 0.3 is 0 Å². The number of hydrogen-bond acceptors (Lipinski definition) is 6. The molecule has 2 aromatic carbocycles. The van der Waals surface area contributed by atoms with Crippen LogP contribution in [0.2, 0.25) is 0 Å². The van der Waals surface area contributed by atoms with Crippen LogP contribution >= 0.6 is 0 Å². The molecule has 2 N–H and O–H groups in total. The number of hydrogen-bond donors (Lipinski definition) is 2. The zero-order valence-electron chi connectivity index (χ0n) is 15.7. The quantitative estimate of drug-likeness (QED) is 0.489. The third-order valence-electron chi connectivity index (χ3n) is 6.25. The van der Waals surface area contributed by atoms with E-state index in [0.29, 0.717) is 11.5 Å². The molecule has 2 aromatic rings. The molecule has 28 heavy (non-hydrogen) atoms. The molecule has 0 amide bonds. The molecule has 0 saturated carbocycles. The van der Waals surface area contributed by atoms with Crippen LogP contribution in [0.15, 0.2) is 58.7 Å². The number of piperidine rings is 2. The summed E-state index contributed by atoms with van der Waals surface area (Å²) in [6.45, 7) is 6.29. The van der Waals surface area contributed by atoms with Gasteiger partial charge in [0.05, 0.1) is 17.3 Å². The van der Waals surface area contributed by atoms with Crippen LogP contribution in [0.5, 0.6) is 11.5 Å². The van der Waals surface area contributed by atoms with E-state index in [1.165, 1.54) is 23.4 Å². The Bertz CT molecular complexity index is 925. The molecule has 4 heterocycles. The van der Waals surface area contributed by atoms with Gasteiger partial charge < -0.3 is 20.0 Å². The maximum absolute atomic E-state index is 9.68. The largest absolute Gasteiger partial charge is 0.504 e. The molecule has 4 saturated heterocycles. The first-order valence-electron chi connectivity index (χ1n) is 9.78. The molecule has 144 valence electrons. The minimum atomic E-state index is -0.149. The normalized spacial score (nSPS) is 32.9. The van der Waals surface area contributed by atoms with E-state index in [2.05, 4.69) is 45.2 Å². The van der Waals surface area contributed by atoms with Crippen molar-refractivity contribution in [3.05, 3.63) is 59.7 Å². The molecule has 0 aliphatic carbocycles. The van der Waals surface area contributed by atoms with Gasteiger partial charge in [0.2, 0.25) is 0 Å². The first kappa shape index (κ1) is 17.4. The van der Waals surface area contributed by atoms with E-state index in [1.54, 1.807) is 12.3 Å². The average molecular weight is 376 g/mol. The van der Waals surface area contributed by atoms with E-state index in [4.69, 9.17) is 5.10 Å². The van der Waals surface area contributed by atoms with E-state index in [9.17, 15) is 10.2 Å². The molecular formula is C22H24N4O2. The lowest BCUT2D eigenvalue weighted by Gasteiger charge is -2.50. The molecule has 6 nitrogen and oxygen atoms in total. The lowest BCUT2D eigenvalue weighted by atomic mass is 9.66. The topological polar surface area (TPSA) is 71.7 Å². The van der Waals surface area contributed by atoms with Gasteiger partial charge in [0, 0.05) is 45.2 Å². The Balaban J connectivity index is 1.54. The smallest absolute Gasteiger partial charge is 0.158 e. The van der Waals surface area contributed by atoms with Crippen molar-refractivity contribution in [1.82, 2.24) is 9.80 Å². The van der Waals surface area contributed by atoms with Crippen molar-refractivity contribution in [2.24, 2.45) is 16.1 Å². The minimum Gasteiger partial charge on any atom is -0.504 e. The van der Waals surface area contributed by atoms with Crippen LogP contribution in [0.25, 0.3) is 0 Å². The molecule has 6 rings (SSSR count). The van der Waals surface area contributed by atoms with Crippen LogP contribution in [0, 0.1) is 5.92 Å². The number of rotatable bonds is 3. The van der Waals surface area contributed by atoms with Gasteiger partial charge in [0.15, 0.2) is 11.5 Å². The highest BCUT2D eigenvalue weighted by Gasteiger charge is 2.53. The summed E-state index contributed by atoms with van der Waals surface area (Å²) in [7, 11) is 0. The fourth-order valence-electron chi connectivity index (χ4n) is 5.02. The van der Waals surface area contributed by atoms with Crippen molar-refractivity contribution in [2.45, 2.75) is 5.41 Å². The van der Waals surface area contributed by atoms with Crippen LogP contribution < -0.4 is 0 Å². The first-order valence-corrected chi connectivity index (χ1v) is 9.78. The van der Waals surface area contributed by atoms with Crippen molar-refractivity contribution in [2.75, 3.05) is 39.3 Å². The van der Waals surface area contributed by atoms with Crippen molar-refractivity contribution < 1.29 is 10.2 Å². The molecule has 0 aromatic heterocycles. The second-order valence-electron chi connectivity index (χ2n) is 8.09. The lowest BCUT2D eigenvalue weighted by molar-refractivity contribution is 0.164. The van der Waals surface area contributed by atoms with Gasteiger partial charge in [-0.15, -0.1) is 0 Å². The molecule has 0 spiro atoms. The van der Waals surface area contributed by atoms with Crippen LogP contribution in [0.4, 0.5) is 0 Å². The molecule has 4 fully saturated rings. The van der Waals surface area contributed by atoms with E-state index >= 15 is 0 Å². The Hall–Kier alpha value is -2.70. The molecule has 6 heteroatoms. The number of phenolic OH excluding ortho intramolecular Hbond substituents is 2. The van der Waals surface area contributed by atoms with Gasteiger partial charge in [-0.05, 0) is 29.3 Å². The van der Waals surface area contributed by atoms with E-state index in [0.717, 1.165) is 39.3 Å². The highest BCUT2D eigenvalue weighted by Crippen LogP contribution is 2.41. The SMILES string of the molecule is Oc1ccc(C=NN=C2C3CN4CCN(C3)CC2(c2ccccc2)C4)cc1O. The number of aromatic hydroxyl groups is 2. The average Bonchev–Trinajstić information content (AvgIpc) is 2.95. The molecule has 2 unspecified atom stereocenters. The lowest BCUT2D eigenvalue weighted by Crippen LogP contribution is -2.63. The second kappa shape index (κ2) is 6.72.